The topological polar surface area (TPSA) is 70.0 Å². The molecular weight excluding hydrogens is 1390 g/mol. The molecule has 0 bridgehead atoms. The average Bonchev–Trinajstić information content (AvgIpc) is 0.773. The first kappa shape index (κ1) is 70.9. The monoisotopic (exact) mass is 1460 g/mol. The van der Waals surface area contributed by atoms with E-state index in [2.05, 4.69) is 372 Å². The van der Waals surface area contributed by atoms with Crippen molar-refractivity contribution in [2.75, 3.05) is 14.2 Å². The van der Waals surface area contributed by atoms with Crippen molar-refractivity contribution < 1.29 is 9.47 Å². The zero-order valence-electron chi connectivity index (χ0n) is 63.7. The molecular formula is C108H78N4O2. The lowest BCUT2D eigenvalue weighted by atomic mass is 9.87. The molecule has 0 aliphatic heterocycles. The number of aromatic nitrogens is 4. The second kappa shape index (κ2) is 31.7. The van der Waals surface area contributed by atoms with E-state index in [-0.39, 0.29) is 0 Å². The van der Waals surface area contributed by atoms with Crippen molar-refractivity contribution >= 4 is 0 Å². The third kappa shape index (κ3) is 14.5. The van der Waals surface area contributed by atoms with Gasteiger partial charge in [-0.2, -0.15) is 0 Å². The molecule has 0 saturated heterocycles. The van der Waals surface area contributed by atoms with Crippen LogP contribution in [0.2, 0.25) is 0 Å². The number of aryl methyl sites for hydroxylation is 2. The largest absolute Gasteiger partial charge is 0.497 e. The summed E-state index contributed by atoms with van der Waals surface area (Å²) < 4.78 is 12.4. The first-order valence-electron chi connectivity index (χ1n) is 38.6. The van der Waals surface area contributed by atoms with E-state index in [4.69, 9.17) is 29.4 Å². The highest BCUT2D eigenvalue weighted by Crippen LogP contribution is 2.47. The van der Waals surface area contributed by atoms with Crippen LogP contribution in [0.4, 0.5) is 0 Å². The third-order valence-electron chi connectivity index (χ3n) is 21.8. The van der Waals surface area contributed by atoms with Crippen LogP contribution in [0, 0.1) is 13.8 Å². The SMILES string of the molecule is COc1cc(-c2ccccc2-c2ccc(-c3cc(C)c(-c4ccc(-c5ccc(-c6ccc(-c7cc(C)c(-c8ccccc8)cn7)cc6)c(-c6cc(OC)cc(-c7ccccc7-c7cnc(-c8ccccc8)cc7-c7ccccc7)c6)c5)cc4)cn3)cc2)cc(-c2ccccc2-c2cnc(-c3ccccc3)cc2-c2ccccc2)c1. The summed E-state index contributed by atoms with van der Waals surface area (Å²) in [5, 5.41) is 0. The van der Waals surface area contributed by atoms with Crippen molar-refractivity contribution in [3.05, 3.63) is 412 Å². The van der Waals surface area contributed by atoms with Crippen LogP contribution in [-0.4, -0.2) is 34.2 Å². The van der Waals surface area contributed by atoms with E-state index in [1.807, 2.05) is 43.0 Å². The summed E-state index contributed by atoms with van der Waals surface area (Å²) in [4.78, 5) is 20.3. The van der Waals surface area contributed by atoms with E-state index in [9.17, 15) is 0 Å². The quantitative estimate of drug-likeness (QED) is 0.0803. The summed E-state index contributed by atoms with van der Waals surface area (Å²) in [5.74, 6) is 1.52. The van der Waals surface area contributed by atoms with Crippen LogP contribution in [0.5, 0.6) is 11.5 Å². The summed E-state index contributed by atoms with van der Waals surface area (Å²) in [5.41, 5.74) is 38.4. The summed E-state index contributed by atoms with van der Waals surface area (Å²) in [6, 6.07) is 134. The fourth-order valence-corrected chi connectivity index (χ4v) is 15.9. The molecule has 0 radical (unpaired) electrons. The number of methoxy groups -OCH3 is 2. The van der Waals surface area contributed by atoms with Crippen molar-refractivity contribution in [2.24, 2.45) is 0 Å². The maximum atomic E-state index is 6.27. The number of ether oxygens (including phenoxy) is 2. The Hall–Kier alpha value is -14.7. The molecule has 4 aromatic heterocycles. The van der Waals surface area contributed by atoms with Crippen molar-refractivity contribution in [2.45, 2.75) is 13.8 Å². The van der Waals surface area contributed by atoms with Gasteiger partial charge in [-0.05, 0) is 214 Å². The number of benzene rings is 14. The van der Waals surface area contributed by atoms with E-state index in [0.29, 0.717) is 0 Å². The van der Waals surface area contributed by atoms with E-state index >= 15 is 0 Å². The highest BCUT2D eigenvalue weighted by atomic mass is 16.5. The highest BCUT2D eigenvalue weighted by Gasteiger charge is 2.22. The van der Waals surface area contributed by atoms with Gasteiger partial charge in [-0.15, -0.1) is 0 Å². The molecule has 114 heavy (non-hydrogen) atoms. The number of nitrogens with zero attached hydrogens (tertiary/aromatic N) is 4. The van der Waals surface area contributed by atoms with Crippen molar-refractivity contribution in [3.63, 3.8) is 0 Å². The van der Waals surface area contributed by atoms with Gasteiger partial charge < -0.3 is 9.47 Å². The smallest absolute Gasteiger partial charge is 0.120 e. The lowest BCUT2D eigenvalue weighted by Gasteiger charge is -2.18. The summed E-state index contributed by atoms with van der Waals surface area (Å²) in [6.45, 7) is 4.34. The van der Waals surface area contributed by atoms with Gasteiger partial charge in [0, 0.05) is 69.3 Å². The van der Waals surface area contributed by atoms with Gasteiger partial charge in [0.1, 0.15) is 11.5 Å². The van der Waals surface area contributed by atoms with Crippen LogP contribution >= 0.6 is 0 Å². The van der Waals surface area contributed by atoms with E-state index in [0.717, 1.165) is 207 Å². The first-order valence-corrected chi connectivity index (χ1v) is 38.6. The second-order valence-electron chi connectivity index (χ2n) is 28.9. The Morgan fingerprint density at radius 1 is 0.158 bits per heavy atom. The molecule has 14 aromatic carbocycles. The Morgan fingerprint density at radius 3 is 0.763 bits per heavy atom. The summed E-state index contributed by atoms with van der Waals surface area (Å²) in [7, 11) is 3.50. The van der Waals surface area contributed by atoms with Gasteiger partial charge in [0.05, 0.1) is 37.0 Å². The van der Waals surface area contributed by atoms with E-state index < -0.39 is 0 Å². The molecule has 0 unspecified atom stereocenters. The lowest BCUT2D eigenvalue weighted by molar-refractivity contribution is 0.415. The normalized spacial score (nSPS) is 11.2. The minimum absolute atomic E-state index is 0.750. The molecule has 4 heterocycles. The van der Waals surface area contributed by atoms with E-state index in [1.165, 1.54) is 5.56 Å². The Kier molecular flexibility index (Phi) is 19.7. The maximum absolute atomic E-state index is 6.27. The predicted molar refractivity (Wildman–Crippen MR) is 473 cm³/mol. The Morgan fingerprint density at radius 2 is 0.395 bits per heavy atom. The lowest BCUT2D eigenvalue weighted by Crippen LogP contribution is -1.95. The van der Waals surface area contributed by atoms with Gasteiger partial charge in [-0.1, -0.05) is 309 Å². The van der Waals surface area contributed by atoms with Crippen LogP contribution in [-0.2, 0) is 0 Å². The maximum Gasteiger partial charge on any atom is 0.120 e. The zero-order chi connectivity index (χ0) is 76.9. The fraction of sp³-hybridized carbons (Fsp3) is 0.0370. The molecule has 0 aliphatic rings. The Balaban J connectivity index is 0.650. The fourth-order valence-electron chi connectivity index (χ4n) is 15.9. The summed E-state index contributed by atoms with van der Waals surface area (Å²) >= 11 is 0. The van der Waals surface area contributed by atoms with Crippen LogP contribution in [0.1, 0.15) is 11.1 Å². The number of hydrogen-bond donors (Lipinski definition) is 0. The minimum Gasteiger partial charge on any atom is -0.497 e. The molecule has 6 heteroatoms. The zero-order valence-corrected chi connectivity index (χ0v) is 63.7. The van der Waals surface area contributed by atoms with Gasteiger partial charge in [0.25, 0.3) is 0 Å². The first-order chi connectivity index (χ1) is 56.2. The molecule has 6 nitrogen and oxygen atoms in total. The predicted octanol–water partition coefficient (Wildman–Crippen LogP) is 28.2. The van der Waals surface area contributed by atoms with Crippen molar-refractivity contribution in [1.29, 1.82) is 0 Å². The summed E-state index contributed by atoms with van der Waals surface area (Å²) in [6.07, 6.45) is 8.09. The highest BCUT2D eigenvalue weighted by molar-refractivity contribution is 5.98. The molecule has 0 N–H and O–H groups in total. The standard InChI is InChI=1S/C108H78N4O2/c1-71-56-105(109-67-101(71)76-30-14-7-15-31-76)83-52-48-78(49-53-83)95-55-54-84(64-98(95)88-59-87(62-90(63-88)114-4)94-39-23-25-41-97(94)104-70-112-108(81-34-18-9-19-35-81)66-100(104)75-28-12-6-13-29-75)73-42-44-79(45-43-73)102-68-110-106(57-72(102)2)82-50-46-77(47-51-82)91-36-20-21-37-92(91)85-58-86(61-89(60-85)113-3)93-38-22-24-40-96(93)103-69-111-107(80-32-16-8-17-33-80)65-99(103)74-26-10-5-11-27-74/h5-70H,1-4H3. The number of pyridine rings is 4. The molecule has 18 aromatic rings. The molecule has 542 valence electrons. The Labute approximate surface area is 666 Å². The molecule has 0 spiro atoms. The van der Waals surface area contributed by atoms with Crippen LogP contribution < -0.4 is 9.47 Å². The van der Waals surface area contributed by atoms with E-state index in [1.54, 1.807) is 14.2 Å². The van der Waals surface area contributed by atoms with Crippen LogP contribution in [0.3, 0.4) is 0 Å². The Bertz CT molecular complexity index is 6530. The number of hydrogen-bond acceptors (Lipinski definition) is 6. The van der Waals surface area contributed by atoms with Gasteiger partial charge >= 0.3 is 0 Å². The molecule has 0 aliphatic carbocycles. The van der Waals surface area contributed by atoms with Crippen LogP contribution in [0.15, 0.2) is 401 Å². The molecule has 0 atom stereocenters. The van der Waals surface area contributed by atoms with Crippen molar-refractivity contribution in [3.8, 4) is 201 Å². The van der Waals surface area contributed by atoms with Crippen LogP contribution in [0.25, 0.3) is 190 Å². The third-order valence-corrected chi connectivity index (χ3v) is 21.8. The average molecular weight is 1460 g/mol. The van der Waals surface area contributed by atoms with Gasteiger partial charge in [0.15, 0.2) is 0 Å². The number of rotatable bonds is 19. The molecule has 18 rings (SSSR count). The van der Waals surface area contributed by atoms with Gasteiger partial charge in [0.2, 0.25) is 0 Å². The van der Waals surface area contributed by atoms with Crippen molar-refractivity contribution in [1.82, 2.24) is 19.9 Å². The molecule has 0 amide bonds. The van der Waals surface area contributed by atoms with Gasteiger partial charge in [-0.3, -0.25) is 19.9 Å². The molecule has 0 fully saturated rings. The second-order valence-corrected chi connectivity index (χ2v) is 28.9. The molecule has 0 saturated carbocycles. The van der Waals surface area contributed by atoms with Gasteiger partial charge in [-0.25, -0.2) is 0 Å². The minimum atomic E-state index is 0.750.